The summed E-state index contributed by atoms with van der Waals surface area (Å²) in [6.07, 6.45) is -7.81. The highest BCUT2D eigenvalue weighted by Crippen LogP contribution is 2.25. The highest BCUT2D eigenvalue weighted by Gasteiger charge is 2.45. The lowest BCUT2D eigenvalue weighted by atomic mass is 9.96. The average Bonchev–Trinajstić information content (AvgIpc) is 1.61. The molecule has 0 unspecified atom stereocenters. The third kappa shape index (κ3) is 28.1. The SMILES string of the molecule is CC[C@H](C)[C@H](NC(=O)[C@@H]1CCCN1C(=O)[C@H](CCC(=O)O)NC(=O)[C@H](Cc1ccccc1)NC(=O)[C@H](CC(=O)O)NC(=O)CN)C(=O)N1CCC[C@H]1C(=O)N[C@@H](CCC(=O)O)C(=O)N[C@@H](CC(=O)O)C(=O)N[C@@H](C)C(=O)N[C@@H](Cc1ccc(O)cc1)C(=O)N[C@@H](CC(=O)O)C(=O)N[C@@H](CCC(=O)O)C(=O)O. The Morgan fingerprint density at radius 3 is 1.25 bits per heavy atom. The fourth-order valence-corrected chi connectivity index (χ4v) is 11.4. The van der Waals surface area contributed by atoms with E-state index >= 15 is 0 Å². The van der Waals surface area contributed by atoms with E-state index in [9.17, 15) is 127 Å². The Kier molecular flexibility index (Phi) is 34.3. The minimum absolute atomic E-state index is 0.0156. The molecule has 580 valence electrons. The van der Waals surface area contributed by atoms with E-state index in [1.807, 2.05) is 5.32 Å². The van der Waals surface area contributed by atoms with Crippen LogP contribution in [0.3, 0.4) is 0 Å². The number of likely N-dealkylation sites (tertiary alicyclic amines) is 2. The number of hydrogen-bond acceptors (Lipinski definition) is 21. The molecule has 13 atom stereocenters. The molecule has 0 radical (unpaired) electrons. The number of carboxylic acid groups (broad SMARTS) is 7. The second-order valence-corrected chi connectivity index (χ2v) is 25.2. The van der Waals surface area contributed by atoms with Crippen molar-refractivity contribution in [3.05, 3.63) is 65.7 Å². The molecule has 0 aliphatic carbocycles. The summed E-state index contributed by atoms with van der Waals surface area (Å²) in [7, 11) is 0. The standard InChI is InChI=1S/C66H89N13O27/c1-4-32(2)54(77-63(102)46-13-8-24-78(46)64(103)38(19-22-49(84)85)71-58(97)41(26-34-10-6-5-7-11-34)74-60(99)42(28-51(88)89)69-47(81)31-67)65(104)79-25-9-12-45(79)62(101)70-37(18-21-48(82)83)56(95)75-43(29-52(90)91)57(96)68-33(3)55(94)73-40(27-35-14-16-36(80)17-15-35)59(98)76-44(30-53(92)93)61(100)72-39(66(105)106)20-23-50(86)87/h5-7,10-11,14-17,32-33,37-46,54,80H,4,8-9,12-13,18-31,67H2,1-3H3,(H,68,96)(H,69,81)(H,70,101)(H,71,97)(H,72,100)(H,73,94)(H,74,99)(H,75,95)(H,76,98)(H,77,102)(H,82,83)(H,84,85)(H,86,87)(H,88,89)(H,90,91)(H,92,93)(H,105,106)/t32-,33-,37-,38-,39-,40-,41-,42-,43-,44-,45-,46-,54-/m0/s1. The van der Waals surface area contributed by atoms with Gasteiger partial charge in [0, 0.05) is 45.2 Å². The summed E-state index contributed by atoms with van der Waals surface area (Å²) >= 11 is 0. The number of aromatic hydroxyl groups is 1. The van der Waals surface area contributed by atoms with Crippen LogP contribution in [0.2, 0.25) is 0 Å². The van der Waals surface area contributed by atoms with Gasteiger partial charge in [0.2, 0.25) is 70.9 Å². The number of carbonyl (C=O) groups excluding carboxylic acids is 12. The van der Waals surface area contributed by atoms with Gasteiger partial charge in [-0.15, -0.1) is 0 Å². The van der Waals surface area contributed by atoms with E-state index in [1.54, 1.807) is 44.2 Å². The van der Waals surface area contributed by atoms with Crippen LogP contribution in [-0.4, -0.2) is 255 Å². The quantitative estimate of drug-likeness (QED) is 0.0296. The van der Waals surface area contributed by atoms with Gasteiger partial charge in [0.15, 0.2) is 0 Å². The van der Waals surface area contributed by atoms with Crippen molar-refractivity contribution < 1.29 is 132 Å². The summed E-state index contributed by atoms with van der Waals surface area (Å²) in [6.45, 7) is 3.42. The maximum Gasteiger partial charge on any atom is 0.326 e. The molecular weight excluding hydrogens is 1410 g/mol. The van der Waals surface area contributed by atoms with Crippen LogP contribution in [0.15, 0.2) is 54.6 Å². The molecule has 2 fully saturated rings. The Morgan fingerprint density at radius 1 is 0.425 bits per heavy atom. The fraction of sp³-hybridized carbons (Fsp3) is 0.530. The minimum Gasteiger partial charge on any atom is -0.508 e. The second-order valence-electron chi connectivity index (χ2n) is 25.2. The van der Waals surface area contributed by atoms with Gasteiger partial charge in [-0.25, -0.2) is 4.79 Å². The summed E-state index contributed by atoms with van der Waals surface area (Å²) in [5.41, 5.74) is 6.05. The summed E-state index contributed by atoms with van der Waals surface area (Å²) in [5, 5.41) is 99.7. The van der Waals surface area contributed by atoms with Crippen LogP contribution < -0.4 is 58.9 Å². The van der Waals surface area contributed by atoms with Crippen molar-refractivity contribution >= 4 is 113 Å². The first-order valence-corrected chi connectivity index (χ1v) is 33.6. The van der Waals surface area contributed by atoms with Crippen molar-refractivity contribution in [2.45, 2.75) is 196 Å². The molecule has 0 bridgehead atoms. The highest BCUT2D eigenvalue weighted by atomic mass is 16.4. The second kappa shape index (κ2) is 42.0. The molecule has 0 spiro atoms. The zero-order chi connectivity index (χ0) is 79.2. The average molecular weight is 1500 g/mol. The summed E-state index contributed by atoms with van der Waals surface area (Å²) < 4.78 is 0. The summed E-state index contributed by atoms with van der Waals surface area (Å²) in [4.78, 5) is 252. The number of amides is 12. The number of carboxylic acids is 7. The van der Waals surface area contributed by atoms with E-state index in [-0.39, 0.29) is 62.9 Å². The van der Waals surface area contributed by atoms with Crippen LogP contribution in [-0.2, 0) is 104 Å². The van der Waals surface area contributed by atoms with Gasteiger partial charge in [-0.1, -0.05) is 62.7 Å². The number of nitrogens with two attached hydrogens (primary N) is 1. The lowest BCUT2D eigenvalue weighted by molar-refractivity contribution is -0.146. The lowest BCUT2D eigenvalue weighted by Gasteiger charge is -2.34. The summed E-state index contributed by atoms with van der Waals surface area (Å²) in [5.74, 6) is -25.3. The van der Waals surface area contributed by atoms with E-state index in [2.05, 4.69) is 47.9 Å². The van der Waals surface area contributed by atoms with Gasteiger partial charge in [0.05, 0.1) is 25.8 Å². The molecule has 2 aromatic rings. The molecular formula is C66H89N13O27. The van der Waals surface area contributed by atoms with Crippen molar-refractivity contribution in [3.8, 4) is 5.75 Å². The third-order valence-corrected chi connectivity index (χ3v) is 17.2. The van der Waals surface area contributed by atoms with Gasteiger partial charge >= 0.3 is 41.8 Å². The van der Waals surface area contributed by atoms with Crippen LogP contribution in [0.1, 0.15) is 122 Å². The van der Waals surface area contributed by atoms with E-state index in [4.69, 9.17) is 10.8 Å². The first-order valence-electron chi connectivity index (χ1n) is 33.6. The van der Waals surface area contributed by atoms with Crippen LogP contribution in [0.4, 0.5) is 0 Å². The number of aliphatic carboxylic acids is 7. The Morgan fingerprint density at radius 2 is 0.802 bits per heavy atom. The molecule has 2 heterocycles. The first kappa shape index (κ1) is 86.5. The molecule has 40 nitrogen and oxygen atoms in total. The number of nitrogens with zero attached hydrogens (tertiary/aromatic N) is 2. The molecule has 4 rings (SSSR count). The van der Waals surface area contributed by atoms with Crippen molar-refractivity contribution in [1.82, 2.24) is 63.0 Å². The van der Waals surface area contributed by atoms with E-state index in [1.165, 1.54) is 24.3 Å². The van der Waals surface area contributed by atoms with Crippen molar-refractivity contribution in [1.29, 1.82) is 0 Å². The fourth-order valence-electron chi connectivity index (χ4n) is 11.4. The van der Waals surface area contributed by atoms with Gasteiger partial charge < -0.3 is 110 Å². The molecule has 106 heavy (non-hydrogen) atoms. The Hall–Kier alpha value is -11.9. The zero-order valence-corrected chi connectivity index (χ0v) is 57.9. The van der Waals surface area contributed by atoms with Crippen LogP contribution in [0, 0.1) is 5.92 Å². The number of hydrogen-bond donors (Lipinski definition) is 19. The molecule has 2 aliphatic rings. The van der Waals surface area contributed by atoms with Crippen molar-refractivity contribution in [2.75, 3.05) is 19.6 Å². The van der Waals surface area contributed by atoms with E-state index in [0.717, 1.165) is 16.7 Å². The van der Waals surface area contributed by atoms with Crippen molar-refractivity contribution in [2.24, 2.45) is 11.7 Å². The zero-order valence-electron chi connectivity index (χ0n) is 57.9. The van der Waals surface area contributed by atoms with E-state index < -0.39 is 262 Å². The predicted molar refractivity (Wildman–Crippen MR) is 360 cm³/mol. The van der Waals surface area contributed by atoms with Gasteiger partial charge in [-0.05, 0) is 81.0 Å². The molecule has 40 heteroatoms. The molecule has 2 saturated heterocycles. The third-order valence-electron chi connectivity index (χ3n) is 17.2. The molecule has 12 amide bonds. The number of carbonyl (C=O) groups is 19. The van der Waals surface area contributed by atoms with Gasteiger partial charge in [-0.2, -0.15) is 0 Å². The smallest absolute Gasteiger partial charge is 0.326 e. The van der Waals surface area contributed by atoms with Gasteiger partial charge in [0.25, 0.3) is 0 Å². The maximum absolute atomic E-state index is 14.8. The van der Waals surface area contributed by atoms with E-state index in [0.29, 0.717) is 5.56 Å². The normalized spacial score (nSPS) is 16.9. The largest absolute Gasteiger partial charge is 0.508 e. The van der Waals surface area contributed by atoms with Crippen LogP contribution in [0.5, 0.6) is 5.75 Å². The predicted octanol–water partition coefficient (Wildman–Crippen LogP) is -4.86. The minimum atomic E-state index is -2.12. The number of nitrogens with one attached hydrogen (secondary N) is 10. The summed E-state index contributed by atoms with van der Waals surface area (Å²) in [6, 6.07) is -7.68. The molecule has 2 aliphatic heterocycles. The Labute approximate surface area is 604 Å². The molecule has 20 N–H and O–H groups in total. The first-order chi connectivity index (χ1) is 49.9. The Bertz CT molecular complexity index is 3580. The van der Waals surface area contributed by atoms with Crippen LogP contribution >= 0.6 is 0 Å². The van der Waals surface area contributed by atoms with Crippen molar-refractivity contribution in [3.63, 3.8) is 0 Å². The number of rotatable bonds is 44. The Balaban J connectivity index is 1.55. The molecule has 2 aromatic carbocycles. The molecule has 0 aromatic heterocycles. The lowest BCUT2D eigenvalue weighted by Crippen LogP contribution is -2.61. The molecule has 0 saturated carbocycles. The highest BCUT2D eigenvalue weighted by molar-refractivity contribution is 6.01. The number of phenolic OH excluding ortho intramolecular Hbond substituents is 1. The monoisotopic (exact) mass is 1500 g/mol. The van der Waals surface area contributed by atoms with Crippen LogP contribution in [0.25, 0.3) is 0 Å². The topological polar surface area (TPSA) is 639 Å². The number of phenols is 1. The maximum atomic E-state index is 14.8. The van der Waals surface area contributed by atoms with Gasteiger partial charge in [0.1, 0.15) is 78.3 Å². The van der Waals surface area contributed by atoms with Gasteiger partial charge in [-0.3, -0.25) is 86.3 Å². The number of benzene rings is 2.